The highest BCUT2D eigenvalue weighted by Crippen LogP contribution is 2.21. The van der Waals surface area contributed by atoms with E-state index in [-0.39, 0.29) is 0 Å². The fraction of sp³-hybridized carbons (Fsp3) is 0.192. The number of hydrogen-bond acceptors (Lipinski definition) is 3. The smallest absolute Gasteiger partial charge is 0.148 e. The molecule has 0 atom stereocenters. The van der Waals surface area contributed by atoms with Gasteiger partial charge in [0.05, 0.1) is 17.6 Å². The molecule has 0 radical (unpaired) electrons. The van der Waals surface area contributed by atoms with Gasteiger partial charge in [-0.3, -0.25) is 0 Å². The van der Waals surface area contributed by atoms with Gasteiger partial charge >= 0.3 is 0 Å². The largest absolute Gasteiger partial charge is 0.491 e. The number of hydrogen-bond donors (Lipinski definition) is 0. The molecule has 30 heavy (non-hydrogen) atoms. The monoisotopic (exact) mass is 398 g/mol. The number of aromatic nitrogens is 2. The van der Waals surface area contributed by atoms with Crippen molar-refractivity contribution in [3.05, 3.63) is 102 Å². The minimum absolute atomic E-state index is 0.408. The number of nitrogens with zero attached hydrogens (tertiary/aromatic N) is 2. The quantitative estimate of drug-likeness (QED) is 0.338. The number of allylic oxidation sites excluding steroid dienone is 1. The molecule has 0 fully saturated rings. The Bertz CT molecular complexity index is 1130. The first kappa shape index (κ1) is 19.8. The van der Waals surface area contributed by atoms with Gasteiger partial charge in [0.1, 0.15) is 30.5 Å². The number of ether oxygens (including phenoxy) is 2. The molecule has 0 saturated carbocycles. The summed E-state index contributed by atoms with van der Waals surface area (Å²) in [6.07, 6.45) is 2.69. The Kier molecular flexibility index (Phi) is 6.14. The van der Waals surface area contributed by atoms with Crippen LogP contribution < -0.4 is 9.47 Å². The van der Waals surface area contributed by atoms with Gasteiger partial charge in [0.2, 0.25) is 0 Å². The number of imidazole rings is 1. The molecule has 4 heteroatoms. The summed E-state index contributed by atoms with van der Waals surface area (Å²) < 4.78 is 14.3. The first-order chi connectivity index (χ1) is 14.7. The Hall–Kier alpha value is -3.53. The van der Waals surface area contributed by atoms with E-state index in [1.165, 1.54) is 5.56 Å². The van der Waals surface area contributed by atoms with Crippen LogP contribution >= 0.6 is 0 Å². The molecule has 3 aromatic carbocycles. The van der Waals surface area contributed by atoms with Crippen molar-refractivity contribution in [2.45, 2.75) is 26.5 Å². The molecule has 0 unspecified atom stereocenters. The van der Waals surface area contributed by atoms with Crippen LogP contribution in [-0.4, -0.2) is 16.2 Å². The van der Waals surface area contributed by atoms with Crippen molar-refractivity contribution >= 4 is 11.0 Å². The highest BCUT2D eigenvalue weighted by Gasteiger charge is 2.12. The van der Waals surface area contributed by atoms with Crippen LogP contribution in [0.1, 0.15) is 17.0 Å². The van der Waals surface area contributed by atoms with Crippen molar-refractivity contribution in [1.29, 1.82) is 0 Å². The first-order valence-corrected chi connectivity index (χ1v) is 10.2. The molecule has 152 valence electrons. The number of fused-ring (bicyclic) bond motifs is 1. The van der Waals surface area contributed by atoms with Crippen molar-refractivity contribution in [3.8, 4) is 11.5 Å². The van der Waals surface area contributed by atoms with E-state index in [0.717, 1.165) is 40.3 Å². The second-order valence-electron chi connectivity index (χ2n) is 7.22. The second-order valence-corrected chi connectivity index (χ2v) is 7.22. The molecule has 1 heterocycles. The van der Waals surface area contributed by atoms with Gasteiger partial charge in [-0.15, -0.1) is 6.58 Å². The molecule has 4 aromatic rings. The number of benzene rings is 3. The molecule has 4 rings (SSSR count). The van der Waals surface area contributed by atoms with Crippen molar-refractivity contribution in [3.63, 3.8) is 0 Å². The Balaban J connectivity index is 1.50. The van der Waals surface area contributed by atoms with Gasteiger partial charge in [-0.1, -0.05) is 54.1 Å². The molecule has 0 bridgehead atoms. The molecule has 4 nitrogen and oxygen atoms in total. The van der Waals surface area contributed by atoms with E-state index >= 15 is 0 Å². The Morgan fingerprint density at radius 1 is 0.933 bits per heavy atom. The molecule has 0 saturated heterocycles. The second kappa shape index (κ2) is 9.31. The molecule has 1 aromatic heterocycles. The van der Waals surface area contributed by atoms with E-state index in [9.17, 15) is 0 Å². The SMILES string of the molecule is C=CCc1ccccc1OCCn1c(COc2ccc(C)cc2)nc2ccccc21. The van der Waals surface area contributed by atoms with E-state index in [1.807, 2.05) is 66.7 Å². The van der Waals surface area contributed by atoms with Crippen LogP contribution in [0.25, 0.3) is 11.0 Å². The van der Waals surface area contributed by atoms with Gasteiger partial charge in [-0.05, 0) is 49.2 Å². The van der Waals surface area contributed by atoms with Crippen LogP contribution in [0.15, 0.2) is 85.5 Å². The summed E-state index contributed by atoms with van der Waals surface area (Å²) in [7, 11) is 0. The third kappa shape index (κ3) is 4.54. The fourth-order valence-electron chi connectivity index (χ4n) is 3.48. The summed E-state index contributed by atoms with van der Waals surface area (Å²) in [5.41, 5.74) is 4.41. The van der Waals surface area contributed by atoms with E-state index < -0.39 is 0 Å². The van der Waals surface area contributed by atoms with Crippen molar-refractivity contribution in [1.82, 2.24) is 9.55 Å². The highest BCUT2D eigenvalue weighted by molar-refractivity contribution is 5.75. The van der Waals surface area contributed by atoms with E-state index in [1.54, 1.807) is 0 Å². The standard InChI is InChI=1S/C26H26N2O2/c1-3-8-21-9-4-7-12-25(21)29-18-17-28-24-11-6-5-10-23(24)27-26(28)19-30-22-15-13-20(2)14-16-22/h3-7,9-16H,1,8,17-19H2,2H3. The lowest BCUT2D eigenvalue weighted by atomic mass is 10.1. The lowest BCUT2D eigenvalue weighted by Crippen LogP contribution is -2.13. The van der Waals surface area contributed by atoms with Crippen LogP contribution in [0.2, 0.25) is 0 Å². The Morgan fingerprint density at radius 2 is 1.70 bits per heavy atom. The van der Waals surface area contributed by atoms with Crippen molar-refractivity contribution < 1.29 is 9.47 Å². The van der Waals surface area contributed by atoms with Gasteiger partial charge < -0.3 is 14.0 Å². The third-order valence-corrected chi connectivity index (χ3v) is 5.03. The molecule has 0 amide bonds. The van der Waals surface area contributed by atoms with Gasteiger partial charge in [-0.2, -0.15) is 0 Å². The van der Waals surface area contributed by atoms with Crippen LogP contribution in [0.5, 0.6) is 11.5 Å². The molecule has 0 N–H and O–H groups in total. The van der Waals surface area contributed by atoms with Crippen LogP contribution in [0, 0.1) is 6.92 Å². The highest BCUT2D eigenvalue weighted by atomic mass is 16.5. The van der Waals surface area contributed by atoms with E-state index in [0.29, 0.717) is 19.8 Å². The zero-order chi connectivity index (χ0) is 20.8. The van der Waals surface area contributed by atoms with E-state index in [4.69, 9.17) is 14.5 Å². The number of para-hydroxylation sites is 3. The summed E-state index contributed by atoms with van der Waals surface area (Å²) in [5.74, 6) is 2.63. The van der Waals surface area contributed by atoms with Crippen LogP contribution in [0.3, 0.4) is 0 Å². The van der Waals surface area contributed by atoms with Crippen molar-refractivity contribution in [2.24, 2.45) is 0 Å². The minimum Gasteiger partial charge on any atom is -0.491 e. The predicted molar refractivity (Wildman–Crippen MR) is 121 cm³/mol. The summed E-state index contributed by atoms with van der Waals surface area (Å²) in [6.45, 7) is 7.54. The van der Waals surface area contributed by atoms with Crippen molar-refractivity contribution in [2.75, 3.05) is 6.61 Å². The number of rotatable bonds is 9. The predicted octanol–water partition coefficient (Wildman–Crippen LogP) is 5.73. The van der Waals surface area contributed by atoms with Crippen LogP contribution in [-0.2, 0) is 19.6 Å². The summed E-state index contributed by atoms with van der Waals surface area (Å²) in [6, 6.07) is 24.3. The first-order valence-electron chi connectivity index (χ1n) is 10.2. The zero-order valence-corrected chi connectivity index (χ0v) is 17.3. The average Bonchev–Trinajstić information content (AvgIpc) is 3.12. The Labute approximate surface area is 177 Å². The third-order valence-electron chi connectivity index (χ3n) is 5.03. The summed E-state index contributed by atoms with van der Waals surface area (Å²) >= 11 is 0. The lowest BCUT2D eigenvalue weighted by molar-refractivity contribution is 0.271. The molecule has 0 aliphatic rings. The van der Waals surface area contributed by atoms with Crippen LogP contribution in [0.4, 0.5) is 0 Å². The van der Waals surface area contributed by atoms with Gasteiger partial charge in [0.15, 0.2) is 0 Å². The Morgan fingerprint density at radius 3 is 2.53 bits per heavy atom. The molecule has 0 spiro atoms. The molecular formula is C26H26N2O2. The van der Waals surface area contributed by atoms with E-state index in [2.05, 4.69) is 30.2 Å². The maximum Gasteiger partial charge on any atom is 0.148 e. The molecule has 0 aliphatic heterocycles. The summed E-state index contributed by atoms with van der Waals surface area (Å²) in [5, 5.41) is 0. The van der Waals surface area contributed by atoms with Gasteiger partial charge in [-0.25, -0.2) is 4.98 Å². The number of aryl methyl sites for hydroxylation is 1. The molecular weight excluding hydrogens is 372 g/mol. The fourth-order valence-corrected chi connectivity index (χ4v) is 3.48. The zero-order valence-electron chi connectivity index (χ0n) is 17.3. The normalized spacial score (nSPS) is 10.8. The topological polar surface area (TPSA) is 36.3 Å². The maximum atomic E-state index is 6.11. The maximum absolute atomic E-state index is 6.11. The average molecular weight is 399 g/mol. The molecule has 0 aliphatic carbocycles. The van der Waals surface area contributed by atoms with Gasteiger partial charge in [0, 0.05) is 0 Å². The minimum atomic E-state index is 0.408. The summed E-state index contributed by atoms with van der Waals surface area (Å²) in [4.78, 5) is 4.79. The van der Waals surface area contributed by atoms with Gasteiger partial charge in [0.25, 0.3) is 0 Å². The lowest BCUT2D eigenvalue weighted by Gasteiger charge is -2.13.